The van der Waals surface area contributed by atoms with E-state index in [4.69, 9.17) is 5.11 Å². The summed E-state index contributed by atoms with van der Waals surface area (Å²) in [5.74, 6) is -1.28. The van der Waals surface area contributed by atoms with Gasteiger partial charge in [-0.05, 0) is 18.8 Å². The van der Waals surface area contributed by atoms with Crippen LogP contribution in [0.2, 0.25) is 0 Å². The number of carbonyl (C=O) groups is 1. The van der Waals surface area contributed by atoms with Crippen molar-refractivity contribution in [2.45, 2.75) is 12.8 Å². The zero-order chi connectivity index (χ0) is 12.5. The lowest BCUT2D eigenvalue weighted by atomic mass is 10.3. The van der Waals surface area contributed by atoms with E-state index in [0.29, 0.717) is 13.1 Å². The first-order chi connectivity index (χ1) is 7.97. The second kappa shape index (κ2) is 4.91. The predicted molar refractivity (Wildman–Crippen MR) is 62.2 cm³/mol. The fraction of sp³-hybridized carbons (Fsp3) is 0.900. The van der Waals surface area contributed by atoms with Crippen LogP contribution in [0.3, 0.4) is 0 Å². The molecule has 0 bridgehead atoms. The minimum absolute atomic E-state index is 0.419. The van der Waals surface area contributed by atoms with E-state index in [1.54, 1.807) is 0 Å². The van der Waals surface area contributed by atoms with Gasteiger partial charge in [-0.2, -0.15) is 4.31 Å². The van der Waals surface area contributed by atoms with Crippen molar-refractivity contribution in [2.24, 2.45) is 5.92 Å². The molecule has 0 aromatic carbocycles. The number of nitrogens with zero attached hydrogens (tertiary/aromatic N) is 2. The maximum absolute atomic E-state index is 11.7. The topological polar surface area (TPSA) is 77.9 Å². The van der Waals surface area contributed by atoms with Crippen molar-refractivity contribution in [1.29, 1.82) is 0 Å². The van der Waals surface area contributed by atoms with Crippen LogP contribution >= 0.6 is 0 Å². The SMILES string of the molecule is O=C(O)CS(=O)(=O)N1CCN(CC2CC2)CC1. The minimum atomic E-state index is -3.61. The molecule has 0 amide bonds. The Bertz CT molecular complexity index is 383. The normalized spacial score (nSPS) is 23.8. The molecule has 0 atom stereocenters. The van der Waals surface area contributed by atoms with Crippen LogP contribution in [0.5, 0.6) is 0 Å². The summed E-state index contributed by atoms with van der Waals surface area (Å²) in [5.41, 5.74) is 0. The van der Waals surface area contributed by atoms with Crippen LogP contribution in [-0.4, -0.2) is 67.2 Å². The molecule has 1 saturated carbocycles. The molecule has 0 spiro atoms. The van der Waals surface area contributed by atoms with Crippen LogP contribution in [-0.2, 0) is 14.8 Å². The predicted octanol–water partition coefficient (Wildman–Crippen LogP) is -0.572. The molecular formula is C10H18N2O4S. The van der Waals surface area contributed by atoms with Gasteiger partial charge in [-0.3, -0.25) is 4.79 Å². The molecule has 2 fully saturated rings. The average molecular weight is 262 g/mol. The lowest BCUT2D eigenvalue weighted by molar-refractivity contribution is -0.134. The van der Waals surface area contributed by atoms with E-state index in [2.05, 4.69) is 4.90 Å². The van der Waals surface area contributed by atoms with Gasteiger partial charge in [0.1, 0.15) is 0 Å². The van der Waals surface area contributed by atoms with Crippen molar-refractivity contribution in [2.75, 3.05) is 38.5 Å². The number of rotatable bonds is 5. The average Bonchev–Trinajstić information content (AvgIpc) is 3.00. The van der Waals surface area contributed by atoms with Crippen molar-refractivity contribution in [1.82, 2.24) is 9.21 Å². The Labute approximate surface area is 101 Å². The molecule has 0 aromatic heterocycles. The van der Waals surface area contributed by atoms with E-state index < -0.39 is 21.7 Å². The van der Waals surface area contributed by atoms with E-state index in [1.165, 1.54) is 17.1 Å². The zero-order valence-corrected chi connectivity index (χ0v) is 10.5. The third kappa shape index (κ3) is 3.65. The van der Waals surface area contributed by atoms with Crippen molar-refractivity contribution in [3.63, 3.8) is 0 Å². The first-order valence-electron chi connectivity index (χ1n) is 5.89. The molecular weight excluding hydrogens is 244 g/mol. The first-order valence-corrected chi connectivity index (χ1v) is 7.50. The second-order valence-corrected chi connectivity index (χ2v) is 6.76. The van der Waals surface area contributed by atoms with Crippen LogP contribution in [0, 0.1) is 5.92 Å². The van der Waals surface area contributed by atoms with Gasteiger partial charge in [0.2, 0.25) is 10.0 Å². The van der Waals surface area contributed by atoms with Crippen molar-refractivity contribution in [3.05, 3.63) is 0 Å². The Balaban J connectivity index is 1.82. The Morgan fingerprint density at radius 1 is 1.18 bits per heavy atom. The van der Waals surface area contributed by atoms with Gasteiger partial charge in [-0.15, -0.1) is 0 Å². The maximum Gasteiger partial charge on any atom is 0.320 e. The van der Waals surface area contributed by atoms with E-state index in [0.717, 1.165) is 25.6 Å². The van der Waals surface area contributed by atoms with Gasteiger partial charge in [0.25, 0.3) is 0 Å². The van der Waals surface area contributed by atoms with Gasteiger partial charge >= 0.3 is 5.97 Å². The van der Waals surface area contributed by atoms with E-state index in [9.17, 15) is 13.2 Å². The maximum atomic E-state index is 11.7. The fourth-order valence-corrected chi connectivity index (χ4v) is 3.32. The molecule has 2 rings (SSSR count). The Morgan fingerprint density at radius 3 is 2.24 bits per heavy atom. The van der Waals surface area contributed by atoms with Gasteiger partial charge in [-0.25, -0.2) is 8.42 Å². The minimum Gasteiger partial charge on any atom is -0.480 e. The summed E-state index contributed by atoms with van der Waals surface area (Å²) in [5, 5.41) is 8.54. The number of hydrogen-bond donors (Lipinski definition) is 1. The molecule has 17 heavy (non-hydrogen) atoms. The number of piperazine rings is 1. The summed E-state index contributed by atoms with van der Waals surface area (Å²) in [6.45, 7) is 3.34. The highest BCUT2D eigenvalue weighted by Gasteiger charge is 2.31. The Morgan fingerprint density at radius 2 is 1.76 bits per heavy atom. The molecule has 6 nitrogen and oxygen atoms in total. The molecule has 1 aliphatic carbocycles. The number of carboxylic acids is 1. The third-order valence-electron chi connectivity index (χ3n) is 3.24. The fourth-order valence-electron chi connectivity index (χ4n) is 2.10. The van der Waals surface area contributed by atoms with Crippen LogP contribution in [0.25, 0.3) is 0 Å². The monoisotopic (exact) mass is 262 g/mol. The quantitative estimate of drug-likeness (QED) is 0.718. The van der Waals surface area contributed by atoms with Gasteiger partial charge in [0.05, 0.1) is 0 Å². The van der Waals surface area contributed by atoms with Gasteiger partial charge in [0, 0.05) is 32.7 Å². The van der Waals surface area contributed by atoms with E-state index in [1.807, 2.05) is 0 Å². The van der Waals surface area contributed by atoms with Gasteiger partial charge in [-0.1, -0.05) is 0 Å². The molecule has 2 aliphatic rings. The van der Waals surface area contributed by atoms with Gasteiger partial charge < -0.3 is 10.0 Å². The largest absolute Gasteiger partial charge is 0.480 e. The van der Waals surface area contributed by atoms with Crippen molar-refractivity contribution >= 4 is 16.0 Å². The third-order valence-corrected chi connectivity index (χ3v) is 5.01. The summed E-state index contributed by atoms with van der Waals surface area (Å²) in [7, 11) is -3.61. The summed E-state index contributed by atoms with van der Waals surface area (Å²) >= 11 is 0. The van der Waals surface area contributed by atoms with Crippen LogP contribution in [0.4, 0.5) is 0 Å². The number of sulfonamides is 1. The molecule has 1 aliphatic heterocycles. The molecule has 7 heteroatoms. The Hall–Kier alpha value is -0.660. The second-order valence-electron chi connectivity index (χ2n) is 4.79. The molecule has 1 N–H and O–H groups in total. The number of carboxylic acid groups (broad SMARTS) is 1. The standard InChI is InChI=1S/C10H18N2O4S/c13-10(14)8-17(15,16)12-5-3-11(4-6-12)7-9-1-2-9/h9H,1-8H2,(H,13,14). The summed E-state index contributed by atoms with van der Waals surface area (Å²) in [6, 6.07) is 0. The highest BCUT2D eigenvalue weighted by molar-refractivity contribution is 7.89. The van der Waals surface area contributed by atoms with Crippen LogP contribution in [0.15, 0.2) is 0 Å². The van der Waals surface area contributed by atoms with E-state index >= 15 is 0 Å². The van der Waals surface area contributed by atoms with Crippen LogP contribution in [0.1, 0.15) is 12.8 Å². The molecule has 0 aromatic rings. The van der Waals surface area contributed by atoms with Crippen LogP contribution < -0.4 is 0 Å². The summed E-state index contributed by atoms with van der Waals surface area (Å²) in [6.07, 6.45) is 2.58. The lowest BCUT2D eigenvalue weighted by Crippen LogP contribution is -2.50. The molecule has 98 valence electrons. The molecule has 1 saturated heterocycles. The smallest absolute Gasteiger partial charge is 0.320 e. The molecule has 0 unspecified atom stereocenters. The zero-order valence-electron chi connectivity index (χ0n) is 9.71. The summed E-state index contributed by atoms with van der Waals surface area (Å²) < 4.78 is 24.6. The number of hydrogen-bond acceptors (Lipinski definition) is 4. The van der Waals surface area contributed by atoms with Gasteiger partial charge in [0.15, 0.2) is 5.75 Å². The Kier molecular flexibility index (Phi) is 3.70. The first kappa shape index (κ1) is 12.8. The molecule has 0 radical (unpaired) electrons. The molecule has 1 heterocycles. The van der Waals surface area contributed by atoms with Crippen molar-refractivity contribution < 1.29 is 18.3 Å². The van der Waals surface area contributed by atoms with E-state index in [-0.39, 0.29) is 0 Å². The summed E-state index contributed by atoms with van der Waals surface area (Å²) in [4.78, 5) is 12.7. The lowest BCUT2D eigenvalue weighted by Gasteiger charge is -2.33. The highest BCUT2D eigenvalue weighted by atomic mass is 32.2. The highest BCUT2D eigenvalue weighted by Crippen LogP contribution is 2.30. The van der Waals surface area contributed by atoms with Crippen molar-refractivity contribution in [3.8, 4) is 0 Å². The number of aliphatic carboxylic acids is 1.